The van der Waals surface area contributed by atoms with Crippen LogP contribution in [0.4, 0.5) is 0 Å². The lowest BCUT2D eigenvalue weighted by Crippen LogP contribution is -2.27. The molecule has 1 aliphatic rings. The summed E-state index contributed by atoms with van der Waals surface area (Å²) < 4.78 is 0. The predicted octanol–water partition coefficient (Wildman–Crippen LogP) is 3.33. The lowest BCUT2D eigenvalue weighted by molar-refractivity contribution is 0.914. The largest absolute Gasteiger partial charge is 0.117 e. The maximum absolute atomic E-state index is 6.09. The number of halogens is 2. The van der Waals surface area contributed by atoms with Crippen LogP contribution in [-0.2, 0) is 0 Å². The second-order valence-electron chi connectivity index (χ2n) is 2.85. The van der Waals surface area contributed by atoms with Gasteiger partial charge in [0.25, 0.3) is 0 Å². The molecule has 1 aromatic rings. The Balaban J connectivity index is 2.20. The third kappa shape index (κ3) is 1.48. The van der Waals surface area contributed by atoms with Gasteiger partial charge in [0, 0.05) is 0 Å². The van der Waals surface area contributed by atoms with Gasteiger partial charge >= 0.3 is 0 Å². The standard InChI is InChI=1S/C9H9Cl2P/c10-8-6-9(11)12(8)7-4-2-1-3-5-7/h1-5,8-9H,6H2/t8-,9+,12?. The van der Waals surface area contributed by atoms with Crippen LogP contribution in [0.5, 0.6) is 0 Å². The van der Waals surface area contributed by atoms with E-state index in [0.717, 1.165) is 6.42 Å². The first-order valence-electron chi connectivity index (χ1n) is 3.90. The number of benzene rings is 1. The Morgan fingerprint density at radius 3 is 2.17 bits per heavy atom. The molecule has 0 spiro atoms. The molecule has 1 heterocycles. The zero-order valence-corrected chi connectivity index (χ0v) is 8.86. The highest BCUT2D eigenvalue weighted by atomic mass is 35.5. The molecule has 0 saturated carbocycles. The fourth-order valence-corrected chi connectivity index (χ4v) is 5.71. The van der Waals surface area contributed by atoms with Crippen LogP contribution in [0, 0.1) is 0 Å². The van der Waals surface area contributed by atoms with E-state index in [4.69, 9.17) is 23.2 Å². The topological polar surface area (TPSA) is 0 Å². The average Bonchev–Trinajstić information content (AvgIpc) is 2.05. The minimum absolute atomic E-state index is 0.284. The Bertz CT molecular complexity index is 254. The van der Waals surface area contributed by atoms with Gasteiger partial charge in [0.2, 0.25) is 0 Å². The lowest BCUT2D eigenvalue weighted by Gasteiger charge is -2.38. The third-order valence-corrected chi connectivity index (χ3v) is 6.19. The molecule has 3 heteroatoms. The Kier molecular flexibility index (Phi) is 2.60. The smallest absolute Gasteiger partial charge is 0.0606 e. The van der Waals surface area contributed by atoms with Crippen molar-refractivity contribution in [3.05, 3.63) is 30.3 Å². The number of hydrogen-bond acceptors (Lipinski definition) is 0. The van der Waals surface area contributed by atoms with Crippen molar-refractivity contribution >= 4 is 36.4 Å². The molecule has 0 radical (unpaired) electrons. The Morgan fingerprint density at radius 1 is 1.08 bits per heavy atom. The van der Waals surface area contributed by atoms with Crippen molar-refractivity contribution in [2.75, 3.05) is 0 Å². The first-order chi connectivity index (χ1) is 5.79. The van der Waals surface area contributed by atoms with Gasteiger partial charge in [-0.2, -0.15) is 0 Å². The van der Waals surface area contributed by atoms with E-state index in [0.29, 0.717) is 10.2 Å². The molecule has 2 rings (SSSR count). The van der Waals surface area contributed by atoms with Crippen LogP contribution in [0.25, 0.3) is 0 Å². The van der Waals surface area contributed by atoms with Gasteiger partial charge in [0.15, 0.2) is 0 Å². The normalized spacial score (nSPS) is 34.3. The fourth-order valence-electron chi connectivity index (χ4n) is 1.35. The number of rotatable bonds is 1. The zero-order valence-electron chi connectivity index (χ0n) is 6.45. The molecule has 0 amide bonds. The molecule has 1 unspecified atom stereocenters. The van der Waals surface area contributed by atoms with Crippen molar-refractivity contribution in [1.29, 1.82) is 0 Å². The first-order valence-corrected chi connectivity index (χ1v) is 6.26. The first kappa shape index (κ1) is 8.81. The summed E-state index contributed by atoms with van der Waals surface area (Å²) in [6.45, 7) is 0. The van der Waals surface area contributed by atoms with Gasteiger partial charge in [-0.05, 0) is 19.6 Å². The van der Waals surface area contributed by atoms with E-state index in [1.165, 1.54) is 5.30 Å². The van der Waals surface area contributed by atoms with Crippen LogP contribution >= 0.6 is 31.1 Å². The lowest BCUT2D eigenvalue weighted by atomic mass is 10.4. The van der Waals surface area contributed by atoms with Gasteiger partial charge in [0.05, 0.1) is 10.2 Å². The molecule has 1 aliphatic heterocycles. The van der Waals surface area contributed by atoms with Crippen molar-refractivity contribution in [3.8, 4) is 0 Å². The van der Waals surface area contributed by atoms with E-state index in [-0.39, 0.29) is 7.92 Å². The molecule has 0 aromatic heterocycles. The summed E-state index contributed by atoms with van der Waals surface area (Å²) in [6.07, 6.45) is 0.962. The van der Waals surface area contributed by atoms with Crippen LogP contribution in [0.2, 0.25) is 0 Å². The molecule has 0 nitrogen and oxygen atoms in total. The fraction of sp³-hybridized carbons (Fsp3) is 0.333. The summed E-state index contributed by atoms with van der Waals surface area (Å²) in [4.78, 5) is 0. The summed E-state index contributed by atoms with van der Waals surface area (Å²) in [6, 6.07) is 10.3. The molecule has 1 fully saturated rings. The molecule has 0 bridgehead atoms. The number of alkyl halides is 2. The highest BCUT2D eigenvalue weighted by molar-refractivity contribution is 7.71. The summed E-state index contributed by atoms with van der Waals surface area (Å²) in [5.41, 5.74) is 0. The molecular formula is C9H9Cl2P. The summed E-state index contributed by atoms with van der Waals surface area (Å²) in [5, 5.41) is 1.92. The van der Waals surface area contributed by atoms with Gasteiger partial charge in [0.1, 0.15) is 0 Å². The number of hydrogen-bond donors (Lipinski definition) is 0. The van der Waals surface area contributed by atoms with Crippen LogP contribution in [-0.4, -0.2) is 10.2 Å². The SMILES string of the molecule is Cl[C@@H]1C[C@H](Cl)P1c1ccccc1. The molecule has 0 N–H and O–H groups in total. The van der Waals surface area contributed by atoms with Crippen molar-refractivity contribution in [3.63, 3.8) is 0 Å². The molecule has 0 aliphatic carbocycles. The Labute approximate surface area is 83.6 Å². The quantitative estimate of drug-likeness (QED) is 0.502. The summed E-state index contributed by atoms with van der Waals surface area (Å²) >= 11 is 12.2. The summed E-state index contributed by atoms with van der Waals surface area (Å²) in [5.74, 6) is 0. The van der Waals surface area contributed by atoms with Crippen molar-refractivity contribution in [2.45, 2.75) is 16.7 Å². The third-order valence-electron chi connectivity index (χ3n) is 2.05. The van der Waals surface area contributed by atoms with Crippen LogP contribution in [0.15, 0.2) is 30.3 Å². The molecule has 3 atom stereocenters. The highest BCUT2D eigenvalue weighted by Crippen LogP contribution is 2.61. The van der Waals surface area contributed by atoms with Gasteiger partial charge < -0.3 is 0 Å². The maximum atomic E-state index is 6.09. The molecule has 12 heavy (non-hydrogen) atoms. The average molecular weight is 219 g/mol. The van der Waals surface area contributed by atoms with Gasteiger partial charge in [-0.15, -0.1) is 23.2 Å². The van der Waals surface area contributed by atoms with E-state index in [1.54, 1.807) is 0 Å². The minimum atomic E-state index is -0.284. The van der Waals surface area contributed by atoms with E-state index >= 15 is 0 Å². The molecule has 1 aromatic carbocycles. The van der Waals surface area contributed by atoms with Crippen molar-refractivity contribution in [1.82, 2.24) is 0 Å². The monoisotopic (exact) mass is 218 g/mol. The van der Waals surface area contributed by atoms with Crippen molar-refractivity contribution in [2.24, 2.45) is 0 Å². The van der Waals surface area contributed by atoms with Crippen molar-refractivity contribution < 1.29 is 0 Å². The van der Waals surface area contributed by atoms with Crippen LogP contribution in [0.1, 0.15) is 6.42 Å². The van der Waals surface area contributed by atoms with Crippen LogP contribution < -0.4 is 5.30 Å². The molecular weight excluding hydrogens is 210 g/mol. The Hall–Kier alpha value is 0.230. The molecule has 64 valence electrons. The van der Waals surface area contributed by atoms with E-state index in [2.05, 4.69) is 12.1 Å². The zero-order chi connectivity index (χ0) is 8.55. The second kappa shape index (κ2) is 3.54. The van der Waals surface area contributed by atoms with Crippen LogP contribution in [0.3, 0.4) is 0 Å². The Morgan fingerprint density at radius 2 is 1.67 bits per heavy atom. The predicted molar refractivity (Wildman–Crippen MR) is 56.9 cm³/mol. The second-order valence-corrected chi connectivity index (χ2v) is 7.09. The van der Waals surface area contributed by atoms with Gasteiger partial charge in [-0.1, -0.05) is 30.3 Å². The van der Waals surface area contributed by atoms with E-state index < -0.39 is 0 Å². The minimum Gasteiger partial charge on any atom is -0.117 e. The molecule has 1 saturated heterocycles. The van der Waals surface area contributed by atoms with E-state index in [1.807, 2.05) is 18.2 Å². The van der Waals surface area contributed by atoms with Gasteiger partial charge in [-0.3, -0.25) is 0 Å². The summed E-state index contributed by atoms with van der Waals surface area (Å²) in [7, 11) is -0.284. The van der Waals surface area contributed by atoms with E-state index in [9.17, 15) is 0 Å². The van der Waals surface area contributed by atoms with Gasteiger partial charge in [-0.25, -0.2) is 0 Å². The maximum Gasteiger partial charge on any atom is 0.0606 e. The highest BCUT2D eigenvalue weighted by Gasteiger charge is 2.38.